The van der Waals surface area contributed by atoms with Crippen LogP contribution in [-0.4, -0.2) is 4.98 Å². The predicted octanol–water partition coefficient (Wildman–Crippen LogP) is 10.1. The predicted molar refractivity (Wildman–Crippen MR) is 160 cm³/mol. The van der Waals surface area contributed by atoms with Crippen LogP contribution in [0.2, 0.25) is 0 Å². The van der Waals surface area contributed by atoms with Gasteiger partial charge in [0, 0.05) is 32.7 Å². The van der Waals surface area contributed by atoms with Gasteiger partial charge in [0.1, 0.15) is 11.2 Å². The van der Waals surface area contributed by atoms with Crippen LogP contribution in [0.4, 0.5) is 0 Å². The van der Waals surface area contributed by atoms with E-state index >= 15 is 0 Å². The van der Waals surface area contributed by atoms with Gasteiger partial charge in [-0.15, -0.1) is 0 Å². The van der Waals surface area contributed by atoms with Crippen molar-refractivity contribution in [2.45, 2.75) is 6.92 Å². The highest BCUT2D eigenvalue weighted by Gasteiger charge is 2.15. The van der Waals surface area contributed by atoms with Crippen LogP contribution in [0, 0.1) is 6.92 Å². The number of furan rings is 1. The SMILES string of the molecule is Cc1cc2c3ccccc3c3ccccc3c2nc1-c1cccc(-c2cccc3c2oc2ccccc23)c1. The summed E-state index contributed by atoms with van der Waals surface area (Å²) in [5.41, 5.74) is 8.38. The Bertz CT molecular complexity index is 2200. The minimum atomic E-state index is 0.914. The Balaban J connectivity index is 1.37. The second-order valence-electron chi connectivity index (χ2n) is 10.0. The van der Waals surface area contributed by atoms with Crippen LogP contribution in [0.5, 0.6) is 0 Å². The van der Waals surface area contributed by atoms with Crippen LogP contribution >= 0.6 is 0 Å². The molecule has 6 aromatic carbocycles. The van der Waals surface area contributed by atoms with Crippen molar-refractivity contribution >= 4 is 54.4 Å². The molecule has 0 bridgehead atoms. The molecule has 8 rings (SSSR count). The summed E-state index contributed by atoms with van der Waals surface area (Å²) < 4.78 is 6.34. The average molecular weight is 486 g/mol. The van der Waals surface area contributed by atoms with Gasteiger partial charge in [-0.2, -0.15) is 0 Å². The summed E-state index contributed by atoms with van der Waals surface area (Å²) in [6, 6.07) is 42.9. The summed E-state index contributed by atoms with van der Waals surface area (Å²) in [7, 11) is 0. The Labute approximate surface area is 219 Å². The monoisotopic (exact) mass is 485 g/mol. The molecule has 0 aliphatic carbocycles. The molecule has 0 spiro atoms. The highest BCUT2D eigenvalue weighted by molar-refractivity contribution is 6.24. The third-order valence-electron chi connectivity index (χ3n) is 7.75. The zero-order chi connectivity index (χ0) is 25.2. The lowest BCUT2D eigenvalue weighted by molar-refractivity contribution is 0.670. The number of hydrogen-bond acceptors (Lipinski definition) is 2. The fourth-order valence-electron chi connectivity index (χ4n) is 6.00. The molecule has 38 heavy (non-hydrogen) atoms. The molecule has 178 valence electrons. The lowest BCUT2D eigenvalue weighted by Crippen LogP contribution is -1.93. The first-order valence-electron chi connectivity index (χ1n) is 13.0. The van der Waals surface area contributed by atoms with Gasteiger partial charge in [-0.3, -0.25) is 0 Å². The van der Waals surface area contributed by atoms with Gasteiger partial charge in [0.2, 0.25) is 0 Å². The lowest BCUT2D eigenvalue weighted by atomic mass is 9.94. The minimum Gasteiger partial charge on any atom is -0.455 e. The third-order valence-corrected chi connectivity index (χ3v) is 7.75. The number of fused-ring (bicyclic) bond motifs is 9. The molecule has 2 heterocycles. The number of nitrogens with zero attached hydrogens (tertiary/aromatic N) is 1. The van der Waals surface area contributed by atoms with E-state index in [0.29, 0.717) is 0 Å². The van der Waals surface area contributed by atoms with Crippen LogP contribution < -0.4 is 0 Å². The number of benzene rings is 6. The largest absolute Gasteiger partial charge is 0.455 e. The third kappa shape index (κ3) is 3.04. The molecular weight excluding hydrogens is 462 g/mol. The highest BCUT2D eigenvalue weighted by atomic mass is 16.3. The second-order valence-corrected chi connectivity index (χ2v) is 10.0. The Morgan fingerprint density at radius 2 is 1.11 bits per heavy atom. The van der Waals surface area contributed by atoms with E-state index in [1.807, 2.05) is 12.1 Å². The first-order valence-corrected chi connectivity index (χ1v) is 13.0. The summed E-state index contributed by atoms with van der Waals surface area (Å²) in [6.07, 6.45) is 0. The quantitative estimate of drug-likeness (QED) is 0.228. The molecule has 0 radical (unpaired) electrons. The fraction of sp³-hybridized carbons (Fsp3) is 0.0278. The number of para-hydroxylation sites is 2. The molecule has 0 fully saturated rings. The molecule has 0 atom stereocenters. The van der Waals surface area contributed by atoms with Crippen molar-refractivity contribution in [3.05, 3.63) is 127 Å². The van der Waals surface area contributed by atoms with Crippen LogP contribution in [0.15, 0.2) is 126 Å². The Kier molecular flexibility index (Phi) is 4.47. The van der Waals surface area contributed by atoms with Crippen LogP contribution in [0.1, 0.15) is 5.56 Å². The number of aromatic nitrogens is 1. The van der Waals surface area contributed by atoms with E-state index in [0.717, 1.165) is 55.4 Å². The molecule has 2 heteroatoms. The van der Waals surface area contributed by atoms with E-state index in [1.165, 1.54) is 26.9 Å². The van der Waals surface area contributed by atoms with E-state index in [1.54, 1.807) is 0 Å². The summed E-state index contributed by atoms with van der Waals surface area (Å²) in [5, 5.41) is 8.42. The van der Waals surface area contributed by atoms with Crippen molar-refractivity contribution < 1.29 is 4.42 Å². The molecular formula is C36H23NO. The van der Waals surface area contributed by atoms with Gasteiger partial charge in [-0.05, 0) is 52.4 Å². The number of pyridine rings is 1. The second kappa shape index (κ2) is 8.03. The summed E-state index contributed by atoms with van der Waals surface area (Å²) >= 11 is 0. The molecule has 2 aromatic heterocycles. The highest BCUT2D eigenvalue weighted by Crippen LogP contribution is 2.39. The van der Waals surface area contributed by atoms with Crippen LogP contribution in [0.25, 0.3) is 76.8 Å². The Morgan fingerprint density at radius 3 is 1.92 bits per heavy atom. The molecule has 0 aliphatic heterocycles. The smallest absolute Gasteiger partial charge is 0.143 e. The van der Waals surface area contributed by atoms with Crippen molar-refractivity contribution in [1.29, 1.82) is 0 Å². The molecule has 0 unspecified atom stereocenters. The van der Waals surface area contributed by atoms with Gasteiger partial charge in [0.25, 0.3) is 0 Å². The zero-order valence-electron chi connectivity index (χ0n) is 20.9. The summed E-state index contributed by atoms with van der Waals surface area (Å²) in [4.78, 5) is 5.33. The first-order chi connectivity index (χ1) is 18.8. The fourth-order valence-corrected chi connectivity index (χ4v) is 6.00. The molecule has 0 amide bonds. The van der Waals surface area contributed by atoms with Gasteiger partial charge in [0.15, 0.2) is 0 Å². The molecule has 0 saturated carbocycles. The molecule has 0 aliphatic rings. The zero-order valence-corrected chi connectivity index (χ0v) is 20.9. The van der Waals surface area contributed by atoms with E-state index in [-0.39, 0.29) is 0 Å². The van der Waals surface area contributed by atoms with E-state index in [9.17, 15) is 0 Å². The average Bonchev–Trinajstić information content (AvgIpc) is 3.36. The number of aryl methyl sites for hydroxylation is 1. The lowest BCUT2D eigenvalue weighted by Gasteiger charge is -2.14. The Morgan fingerprint density at radius 1 is 0.500 bits per heavy atom. The van der Waals surface area contributed by atoms with Crippen molar-refractivity contribution in [2.75, 3.05) is 0 Å². The number of hydrogen-bond donors (Lipinski definition) is 0. The van der Waals surface area contributed by atoms with E-state index in [2.05, 4.69) is 116 Å². The van der Waals surface area contributed by atoms with Gasteiger partial charge in [-0.1, -0.05) is 103 Å². The standard InChI is InChI=1S/C36H23NO/c1-22-20-32-28-14-3-2-12-26(28)27-13-4-5-16-30(27)35(32)37-34(22)24-11-8-10-23(21-24)25-17-9-18-31-29-15-6-7-19-33(29)38-36(25)31/h2-21H,1H3. The van der Waals surface area contributed by atoms with Crippen molar-refractivity contribution in [3.63, 3.8) is 0 Å². The minimum absolute atomic E-state index is 0.914. The van der Waals surface area contributed by atoms with Gasteiger partial charge in [-0.25, -0.2) is 4.98 Å². The van der Waals surface area contributed by atoms with Crippen molar-refractivity contribution in [2.24, 2.45) is 0 Å². The van der Waals surface area contributed by atoms with Crippen molar-refractivity contribution in [3.8, 4) is 22.4 Å². The molecule has 0 N–H and O–H groups in total. The maximum absolute atomic E-state index is 6.34. The van der Waals surface area contributed by atoms with Crippen LogP contribution in [-0.2, 0) is 0 Å². The van der Waals surface area contributed by atoms with Gasteiger partial charge >= 0.3 is 0 Å². The maximum Gasteiger partial charge on any atom is 0.143 e. The Hall–Kier alpha value is -4.95. The summed E-state index contributed by atoms with van der Waals surface area (Å²) in [5.74, 6) is 0. The van der Waals surface area contributed by atoms with Crippen molar-refractivity contribution in [1.82, 2.24) is 4.98 Å². The summed E-state index contributed by atoms with van der Waals surface area (Å²) in [6.45, 7) is 2.17. The molecule has 2 nitrogen and oxygen atoms in total. The van der Waals surface area contributed by atoms with Crippen LogP contribution in [0.3, 0.4) is 0 Å². The maximum atomic E-state index is 6.34. The normalized spacial score (nSPS) is 11.8. The van der Waals surface area contributed by atoms with E-state index in [4.69, 9.17) is 9.40 Å². The molecule has 0 saturated heterocycles. The van der Waals surface area contributed by atoms with E-state index < -0.39 is 0 Å². The number of rotatable bonds is 2. The topological polar surface area (TPSA) is 26.0 Å². The first kappa shape index (κ1) is 21.2. The molecule has 8 aromatic rings. The van der Waals surface area contributed by atoms with Gasteiger partial charge < -0.3 is 4.42 Å². The van der Waals surface area contributed by atoms with Gasteiger partial charge in [0.05, 0.1) is 11.2 Å².